The van der Waals surface area contributed by atoms with Gasteiger partial charge in [-0.2, -0.15) is 0 Å². The number of sulfonamides is 1. The van der Waals surface area contributed by atoms with E-state index in [2.05, 4.69) is 0 Å². The standard InChI is InChI=1S/C22H28N2O6S/c1-17-6-4-5-7-21(17)29-14-15-30-22(25)19-16-18(31(26,27)23(2)3)8-9-20(19)24-10-12-28-13-11-24/h4-9,16H,10-15H2,1-3H3. The number of ether oxygens (including phenoxy) is 3. The lowest BCUT2D eigenvalue weighted by molar-refractivity contribution is 0.0449. The fraction of sp³-hybridized carbons (Fsp3) is 0.409. The molecule has 2 aromatic rings. The van der Waals surface area contributed by atoms with Crippen molar-refractivity contribution in [2.24, 2.45) is 0 Å². The van der Waals surface area contributed by atoms with Gasteiger partial charge >= 0.3 is 5.97 Å². The minimum absolute atomic E-state index is 0.0395. The summed E-state index contributed by atoms with van der Waals surface area (Å²) in [4.78, 5) is 14.9. The van der Waals surface area contributed by atoms with Crippen molar-refractivity contribution in [3.63, 3.8) is 0 Å². The number of rotatable bonds is 8. The molecule has 0 aromatic heterocycles. The summed E-state index contributed by atoms with van der Waals surface area (Å²) < 4.78 is 42.7. The molecule has 1 aliphatic heterocycles. The molecule has 3 rings (SSSR count). The van der Waals surface area contributed by atoms with Gasteiger partial charge in [-0.15, -0.1) is 0 Å². The van der Waals surface area contributed by atoms with E-state index in [1.165, 1.54) is 26.2 Å². The van der Waals surface area contributed by atoms with Crippen LogP contribution in [0.4, 0.5) is 5.69 Å². The highest BCUT2D eigenvalue weighted by Gasteiger charge is 2.25. The maximum atomic E-state index is 12.9. The second kappa shape index (κ2) is 10.1. The molecule has 1 saturated heterocycles. The first-order valence-electron chi connectivity index (χ1n) is 10.1. The molecule has 9 heteroatoms. The van der Waals surface area contributed by atoms with Crippen LogP contribution in [0.2, 0.25) is 0 Å². The molecule has 168 valence electrons. The van der Waals surface area contributed by atoms with E-state index in [-0.39, 0.29) is 23.7 Å². The molecular weight excluding hydrogens is 420 g/mol. The van der Waals surface area contributed by atoms with Crippen LogP contribution in [0, 0.1) is 6.92 Å². The topological polar surface area (TPSA) is 85.4 Å². The Hall–Kier alpha value is -2.62. The number of hydrogen-bond acceptors (Lipinski definition) is 7. The van der Waals surface area contributed by atoms with Gasteiger partial charge in [-0.1, -0.05) is 18.2 Å². The number of nitrogens with zero attached hydrogens (tertiary/aromatic N) is 2. The van der Waals surface area contributed by atoms with Crippen LogP contribution in [0.1, 0.15) is 15.9 Å². The van der Waals surface area contributed by atoms with E-state index in [0.29, 0.717) is 32.0 Å². The Balaban J connectivity index is 1.77. The van der Waals surface area contributed by atoms with E-state index in [1.54, 1.807) is 6.07 Å². The SMILES string of the molecule is Cc1ccccc1OCCOC(=O)c1cc(S(=O)(=O)N(C)C)ccc1N1CCOCC1. The van der Waals surface area contributed by atoms with Crippen LogP contribution >= 0.6 is 0 Å². The molecule has 1 aliphatic rings. The molecule has 0 atom stereocenters. The predicted molar refractivity (Wildman–Crippen MR) is 117 cm³/mol. The average Bonchev–Trinajstić information content (AvgIpc) is 2.77. The summed E-state index contributed by atoms with van der Waals surface area (Å²) >= 11 is 0. The normalized spacial score (nSPS) is 14.5. The molecule has 1 fully saturated rings. The lowest BCUT2D eigenvalue weighted by Crippen LogP contribution is -2.37. The first kappa shape index (κ1) is 23.1. The molecule has 0 spiro atoms. The van der Waals surface area contributed by atoms with Crippen molar-refractivity contribution < 1.29 is 27.4 Å². The number of hydrogen-bond donors (Lipinski definition) is 0. The van der Waals surface area contributed by atoms with Crippen molar-refractivity contribution in [3.05, 3.63) is 53.6 Å². The van der Waals surface area contributed by atoms with Crippen molar-refractivity contribution in [1.29, 1.82) is 0 Å². The monoisotopic (exact) mass is 448 g/mol. The van der Waals surface area contributed by atoms with Crippen LogP contribution in [0.25, 0.3) is 0 Å². The molecular formula is C22H28N2O6S. The van der Waals surface area contributed by atoms with E-state index < -0.39 is 16.0 Å². The molecule has 2 aromatic carbocycles. The number of carbonyl (C=O) groups excluding carboxylic acids is 1. The molecule has 0 aliphatic carbocycles. The van der Waals surface area contributed by atoms with Gasteiger partial charge < -0.3 is 19.1 Å². The van der Waals surface area contributed by atoms with E-state index in [0.717, 1.165) is 15.6 Å². The van der Waals surface area contributed by atoms with Gasteiger partial charge in [0.25, 0.3) is 0 Å². The molecule has 8 nitrogen and oxygen atoms in total. The second-order valence-electron chi connectivity index (χ2n) is 7.32. The highest BCUT2D eigenvalue weighted by molar-refractivity contribution is 7.89. The Morgan fingerprint density at radius 1 is 1.10 bits per heavy atom. The number of carbonyl (C=O) groups is 1. The van der Waals surface area contributed by atoms with Gasteiger partial charge in [-0.25, -0.2) is 17.5 Å². The molecule has 0 N–H and O–H groups in total. The van der Waals surface area contributed by atoms with Gasteiger partial charge in [0.15, 0.2) is 0 Å². The second-order valence-corrected chi connectivity index (χ2v) is 9.47. The first-order valence-corrected chi connectivity index (χ1v) is 11.5. The summed E-state index contributed by atoms with van der Waals surface area (Å²) in [6.07, 6.45) is 0. The van der Waals surface area contributed by atoms with E-state index >= 15 is 0 Å². The third-order valence-electron chi connectivity index (χ3n) is 4.99. The fourth-order valence-corrected chi connectivity index (χ4v) is 4.14. The Bertz CT molecular complexity index is 1020. The van der Waals surface area contributed by atoms with Crippen LogP contribution in [0.5, 0.6) is 5.75 Å². The average molecular weight is 449 g/mol. The fourth-order valence-electron chi connectivity index (χ4n) is 3.21. The van der Waals surface area contributed by atoms with E-state index in [1.807, 2.05) is 36.1 Å². The number of para-hydroxylation sites is 1. The Morgan fingerprint density at radius 3 is 2.48 bits per heavy atom. The Kier molecular flexibility index (Phi) is 7.53. The van der Waals surface area contributed by atoms with Crippen LogP contribution in [-0.2, 0) is 19.5 Å². The summed E-state index contributed by atoms with van der Waals surface area (Å²) in [6, 6.07) is 12.1. The summed E-state index contributed by atoms with van der Waals surface area (Å²) in [5.74, 6) is 0.136. The van der Waals surface area contributed by atoms with E-state index in [4.69, 9.17) is 14.2 Å². The highest BCUT2D eigenvalue weighted by Crippen LogP contribution is 2.27. The third-order valence-corrected chi connectivity index (χ3v) is 6.80. The van der Waals surface area contributed by atoms with Crippen LogP contribution in [0.15, 0.2) is 47.4 Å². The largest absolute Gasteiger partial charge is 0.490 e. The summed E-state index contributed by atoms with van der Waals surface area (Å²) in [6.45, 7) is 4.46. The minimum atomic E-state index is -3.69. The third kappa shape index (κ3) is 5.55. The number of esters is 1. The molecule has 1 heterocycles. The number of anilines is 1. The minimum Gasteiger partial charge on any atom is -0.490 e. The number of morpholine rings is 1. The van der Waals surface area contributed by atoms with Crippen molar-refractivity contribution in [3.8, 4) is 5.75 Å². The van der Waals surface area contributed by atoms with E-state index in [9.17, 15) is 13.2 Å². The van der Waals surface area contributed by atoms with Crippen molar-refractivity contribution in [2.75, 3.05) is 58.5 Å². The van der Waals surface area contributed by atoms with Gasteiger partial charge in [0.1, 0.15) is 19.0 Å². The molecule has 0 amide bonds. The molecule has 0 radical (unpaired) electrons. The van der Waals surface area contributed by atoms with Crippen LogP contribution in [0.3, 0.4) is 0 Å². The predicted octanol–water partition coefficient (Wildman–Crippen LogP) is 2.32. The quantitative estimate of drug-likeness (QED) is 0.453. The lowest BCUT2D eigenvalue weighted by Gasteiger charge is -2.30. The molecule has 0 bridgehead atoms. The van der Waals surface area contributed by atoms with Crippen molar-refractivity contribution >= 4 is 21.7 Å². The summed E-state index contributed by atoms with van der Waals surface area (Å²) in [5, 5.41) is 0. The van der Waals surface area contributed by atoms with Crippen LogP contribution in [-0.4, -0.2) is 72.3 Å². The zero-order valence-corrected chi connectivity index (χ0v) is 18.9. The van der Waals surface area contributed by atoms with Gasteiger partial charge in [0.2, 0.25) is 10.0 Å². The number of benzene rings is 2. The smallest absolute Gasteiger partial charge is 0.340 e. The molecule has 31 heavy (non-hydrogen) atoms. The first-order chi connectivity index (χ1) is 14.8. The zero-order chi connectivity index (χ0) is 22.4. The van der Waals surface area contributed by atoms with Crippen molar-refractivity contribution in [2.45, 2.75) is 11.8 Å². The van der Waals surface area contributed by atoms with Gasteiger partial charge in [0, 0.05) is 27.2 Å². The highest BCUT2D eigenvalue weighted by atomic mass is 32.2. The number of aryl methyl sites for hydroxylation is 1. The van der Waals surface area contributed by atoms with Gasteiger partial charge in [0.05, 0.1) is 29.4 Å². The summed E-state index contributed by atoms with van der Waals surface area (Å²) in [5.41, 5.74) is 1.83. The maximum absolute atomic E-state index is 12.9. The van der Waals surface area contributed by atoms with Gasteiger partial charge in [-0.05, 0) is 36.8 Å². The Morgan fingerprint density at radius 2 is 1.81 bits per heavy atom. The Labute approximate surface area is 183 Å². The van der Waals surface area contributed by atoms with Crippen molar-refractivity contribution in [1.82, 2.24) is 4.31 Å². The van der Waals surface area contributed by atoms with Gasteiger partial charge in [-0.3, -0.25) is 0 Å². The molecule has 0 unspecified atom stereocenters. The zero-order valence-electron chi connectivity index (χ0n) is 18.0. The summed E-state index contributed by atoms with van der Waals surface area (Å²) in [7, 11) is -0.788. The lowest BCUT2D eigenvalue weighted by atomic mass is 10.1. The molecule has 0 saturated carbocycles. The van der Waals surface area contributed by atoms with Crippen LogP contribution < -0.4 is 9.64 Å². The maximum Gasteiger partial charge on any atom is 0.340 e.